The van der Waals surface area contributed by atoms with Crippen LogP contribution in [0.4, 0.5) is 0 Å². The second kappa shape index (κ2) is 7.06. The van der Waals surface area contributed by atoms with Crippen LogP contribution in [0.15, 0.2) is 42.6 Å². The van der Waals surface area contributed by atoms with E-state index in [1.807, 2.05) is 13.1 Å². The van der Waals surface area contributed by atoms with Crippen molar-refractivity contribution >= 4 is 0 Å². The molecule has 1 aromatic carbocycles. The Bertz CT molecular complexity index is 537. The highest BCUT2D eigenvalue weighted by atomic mass is 16.5. The van der Waals surface area contributed by atoms with E-state index in [4.69, 9.17) is 4.74 Å². The Balaban J connectivity index is 2.19. The van der Waals surface area contributed by atoms with E-state index in [0.717, 1.165) is 18.4 Å². The lowest BCUT2D eigenvalue weighted by molar-refractivity contribution is 0.384. The number of hydrogen-bond acceptors (Lipinski definition) is 3. The first-order valence-electron chi connectivity index (χ1n) is 7.02. The van der Waals surface area contributed by atoms with Gasteiger partial charge in [-0.05, 0) is 37.1 Å². The molecule has 0 saturated carbocycles. The molecule has 1 heterocycles. The van der Waals surface area contributed by atoms with Crippen molar-refractivity contribution in [1.29, 1.82) is 0 Å². The molecule has 2 aromatic rings. The predicted octanol–water partition coefficient (Wildman–Crippen LogP) is 3.16. The smallest absolute Gasteiger partial charge is 0.217 e. The molecule has 0 fully saturated rings. The molecule has 3 heteroatoms. The first-order valence-corrected chi connectivity index (χ1v) is 7.02. The largest absolute Gasteiger partial charge is 0.481 e. The number of benzene rings is 1. The molecule has 0 aliphatic carbocycles. The van der Waals surface area contributed by atoms with Crippen molar-refractivity contribution in [3.05, 3.63) is 59.3 Å². The van der Waals surface area contributed by atoms with Gasteiger partial charge in [-0.15, -0.1) is 0 Å². The monoisotopic (exact) mass is 270 g/mol. The fourth-order valence-electron chi connectivity index (χ4n) is 2.35. The maximum atomic E-state index is 5.35. The van der Waals surface area contributed by atoms with Crippen molar-refractivity contribution in [2.24, 2.45) is 0 Å². The summed E-state index contributed by atoms with van der Waals surface area (Å²) in [6.07, 6.45) is 3.75. The number of hydrogen-bond donors (Lipinski definition) is 1. The van der Waals surface area contributed by atoms with Gasteiger partial charge in [-0.25, -0.2) is 4.98 Å². The fraction of sp³-hybridized carbons (Fsp3) is 0.353. The summed E-state index contributed by atoms with van der Waals surface area (Å²) in [7, 11) is 3.63. The molecule has 0 bridgehead atoms. The lowest BCUT2D eigenvalue weighted by atomic mass is 9.98. The number of methoxy groups -OCH3 is 1. The van der Waals surface area contributed by atoms with Crippen LogP contribution >= 0.6 is 0 Å². The highest BCUT2D eigenvalue weighted by Gasteiger charge is 2.15. The predicted molar refractivity (Wildman–Crippen MR) is 82.1 cm³/mol. The molecular formula is C17H22N2O. The van der Waals surface area contributed by atoms with Crippen molar-refractivity contribution in [2.45, 2.75) is 25.8 Å². The van der Waals surface area contributed by atoms with E-state index in [-0.39, 0.29) is 6.04 Å². The maximum absolute atomic E-state index is 5.35. The molecule has 20 heavy (non-hydrogen) atoms. The average Bonchev–Trinajstić information content (AvgIpc) is 2.53. The van der Waals surface area contributed by atoms with E-state index in [9.17, 15) is 0 Å². The van der Waals surface area contributed by atoms with Crippen LogP contribution in [0.2, 0.25) is 0 Å². The zero-order valence-corrected chi connectivity index (χ0v) is 12.4. The third kappa shape index (κ3) is 3.36. The minimum atomic E-state index is 0.200. The Morgan fingerprint density at radius 3 is 2.45 bits per heavy atom. The Kier molecular flexibility index (Phi) is 5.13. The van der Waals surface area contributed by atoms with E-state index < -0.39 is 0 Å². The number of ether oxygens (including phenoxy) is 1. The molecule has 1 unspecified atom stereocenters. The summed E-state index contributed by atoms with van der Waals surface area (Å²) in [6, 6.07) is 13.0. The molecule has 0 amide bonds. The summed E-state index contributed by atoms with van der Waals surface area (Å²) in [6.45, 7) is 2.17. The lowest BCUT2D eigenvalue weighted by Crippen LogP contribution is -2.20. The van der Waals surface area contributed by atoms with Crippen LogP contribution in [0.25, 0.3) is 0 Å². The highest BCUT2D eigenvalue weighted by molar-refractivity contribution is 5.31. The third-order valence-electron chi connectivity index (χ3n) is 3.59. The number of aromatic nitrogens is 1. The van der Waals surface area contributed by atoms with Crippen LogP contribution in [-0.2, 0) is 12.8 Å². The molecule has 0 radical (unpaired) electrons. The van der Waals surface area contributed by atoms with Gasteiger partial charge >= 0.3 is 0 Å². The van der Waals surface area contributed by atoms with E-state index in [1.165, 1.54) is 11.1 Å². The Labute approximate surface area is 121 Å². The lowest BCUT2D eigenvalue weighted by Gasteiger charge is -2.18. The highest BCUT2D eigenvalue weighted by Crippen LogP contribution is 2.25. The summed E-state index contributed by atoms with van der Waals surface area (Å²) >= 11 is 0. The van der Waals surface area contributed by atoms with Crippen molar-refractivity contribution in [3.8, 4) is 5.88 Å². The van der Waals surface area contributed by atoms with Gasteiger partial charge in [0.05, 0.1) is 7.11 Å². The zero-order chi connectivity index (χ0) is 14.4. The van der Waals surface area contributed by atoms with Gasteiger partial charge in [0.2, 0.25) is 5.88 Å². The normalized spacial score (nSPS) is 12.2. The van der Waals surface area contributed by atoms with Crippen LogP contribution in [0.5, 0.6) is 5.88 Å². The molecular weight excluding hydrogens is 248 g/mol. The number of nitrogens with zero attached hydrogens (tertiary/aromatic N) is 1. The average molecular weight is 270 g/mol. The summed E-state index contributed by atoms with van der Waals surface area (Å²) in [5, 5.41) is 3.35. The van der Waals surface area contributed by atoms with Crippen molar-refractivity contribution < 1.29 is 4.74 Å². The van der Waals surface area contributed by atoms with Crippen LogP contribution in [0.1, 0.15) is 29.7 Å². The molecule has 1 aromatic heterocycles. The summed E-state index contributed by atoms with van der Waals surface area (Å²) in [5.74, 6) is 0.692. The Morgan fingerprint density at radius 2 is 1.85 bits per heavy atom. The van der Waals surface area contributed by atoms with Crippen molar-refractivity contribution in [3.63, 3.8) is 0 Å². The second-order valence-electron chi connectivity index (χ2n) is 4.82. The molecule has 0 aliphatic rings. The second-order valence-corrected chi connectivity index (χ2v) is 4.82. The standard InChI is InChI=1S/C17H22N2O/c1-4-13-7-9-14(10-8-13)12-16(18-2)15-6-5-11-19-17(15)20-3/h5-11,16,18H,4,12H2,1-3H3. The quantitative estimate of drug-likeness (QED) is 0.875. The van der Waals surface area contributed by atoms with Crippen LogP contribution < -0.4 is 10.1 Å². The number of pyridine rings is 1. The number of nitrogens with one attached hydrogen (secondary N) is 1. The minimum absolute atomic E-state index is 0.200. The van der Waals surface area contributed by atoms with E-state index in [0.29, 0.717) is 5.88 Å². The van der Waals surface area contributed by atoms with Crippen molar-refractivity contribution in [1.82, 2.24) is 10.3 Å². The number of rotatable bonds is 6. The van der Waals surface area contributed by atoms with Gasteiger partial charge < -0.3 is 10.1 Å². The summed E-state index contributed by atoms with van der Waals surface area (Å²) in [4.78, 5) is 4.27. The van der Waals surface area contributed by atoms with Gasteiger partial charge in [0.25, 0.3) is 0 Å². The molecule has 3 nitrogen and oxygen atoms in total. The van der Waals surface area contributed by atoms with E-state index >= 15 is 0 Å². The third-order valence-corrected chi connectivity index (χ3v) is 3.59. The van der Waals surface area contributed by atoms with E-state index in [1.54, 1.807) is 13.3 Å². The number of aryl methyl sites for hydroxylation is 1. The van der Waals surface area contributed by atoms with Gasteiger partial charge in [0.1, 0.15) is 0 Å². The summed E-state index contributed by atoms with van der Waals surface area (Å²) < 4.78 is 5.35. The maximum Gasteiger partial charge on any atom is 0.217 e. The molecule has 0 saturated heterocycles. The van der Waals surface area contributed by atoms with E-state index in [2.05, 4.69) is 47.6 Å². The van der Waals surface area contributed by atoms with Crippen LogP contribution in [0.3, 0.4) is 0 Å². The zero-order valence-electron chi connectivity index (χ0n) is 12.4. The fourth-order valence-corrected chi connectivity index (χ4v) is 2.35. The van der Waals surface area contributed by atoms with Gasteiger partial charge in [0, 0.05) is 17.8 Å². The van der Waals surface area contributed by atoms with Gasteiger partial charge in [-0.1, -0.05) is 37.3 Å². The SMILES string of the molecule is CCc1ccc(CC(NC)c2cccnc2OC)cc1. The molecule has 106 valence electrons. The Hall–Kier alpha value is -1.87. The first-order chi connectivity index (χ1) is 9.78. The molecule has 0 aliphatic heterocycles. The van der Waals surface area contributed by atoms with Crippen LogP contribution in [-0.4, -0.2) is 19.1 Å². The summed E-state index contributed by atoms with van der Waals surface area (Å²) in [5.41, 5.74) is 3.78. The first kappa shape index (κ1) is 14.5. The minimum Gasteiger partial charge on any atom is -0.481 e. The Morgan fingerprint density at radius 1 is 1.15 bits per heavy atom. The van der Waals surface area contributed by atoms with Gasteiger partial charge in [0.15, 0.2) is 0 Å². The van der Waals surface area contributed by atoms with Gasteiger partial charge in [-0.2, -0.15) is 0 Å². The topological polar surface area (TPSA) is 34.2 Å². The molecule has 1 atom stereocenters. The molecule has 2 rings (SSSR count). The molecule has 1 N–H and O–H groups in total. The van der Waals surface area contributed by atoms with Gasteiger partial charge in [-0.3, -0.25) is 0 Å². The van der Waals surface area contributed by atoms with Crippen LogP contribution in [0, 0.1) is 0 Å². The number of likely N-dealkylation sites (N-methyl/N-ethyl adjacent to an activating group) is 1. The molecule has 0 spiro atoms. The van der Waals surface area contributed by atoms with Crippen molar-refractivity contribution in [2.75, 3.05) is 14.2 Å².